The molecule has 1 unspecified atom stereocenters. The predicted molar refractivity (Wildman–Crippen MR) is 106 cm³/mol. The highest BCUT2D eigenvalue weighted by Gasteiger charge is 2.81. The van der Waals surface area contributed by atoms with Crippen molar-refractivity contribution in [3.05, 3.63) is 17.4 Å². The summed E-state index contributed by atoms with van der Waals surface area (Å²) < 4.78 is 31.7. The van der Waals surface area contributed by atoms with E-state index < -0.39 is 72.6 Å². The molecule has 1 aromatic rings. The number of carbonyl (C=O) groups excluding carboxylic acids is 4. The maximum atomic E-state index is 13.3. The van der Waals surface area contributed by atoms with E-state index in [1.807, 2.05) is 0 Å². The van der Waals surface area contributed by atoms with Crippen molar-refractivity contribution in [2.75, 3.05) is 0 Å². The highest BCUT2D eigenvalue weighted by molar-refractivity contribution is 7.91. The Labute approximate surface area is 192 Å². The van der Waals surface area contributed by atoms with Gasteiger partial charge < -0.3 is 25.2 Å². The number of halogens is 1. The van der Waals surface area contributed by atoms with E-state index in [0.717, 1.165) is 19.3 Å². The van der Waals surface area contributed by atoms with Gasteiger partial charge in [0.15, 0.2) is 34.8 Å². The molecule has 1 aliphatic heterocycles. The van der Waals surface area contributed by atoms with Crippen molar-refractivity contribution in [2.45, 2.75) is 67.3 Å². The third-order valence-corrected chi connectivity index (χ3v) is 7.40. The lowest BCUT2D eigenvalue weighted by molar-refractivity contribution is -0.298. The number of ether oxygens (including phenoxy) is 1. The highest BCUT2D eigenvalue weighted by Crippen LogP contribution is 2.49. The molecule has 6 atom stereocenters. The predicted octanol–water partition coefficient (Wildman–Crippen LogP) is -2.46. The average Bonchev–Trinajstić information content (AvgIpc) is 2.71. The van der Waals surface area contributed by atoms with Crippen LogP contribution in [0.3, 0.4) is 0 Å². The third kappa shape index (κ3) is 3.62. The van der Waals surface area contributed by atoms with Crippen molar-refractivity contribution < 1.29 is 52.8 Å². The highest BCUT2D eigenvalue weighted by atomic mass is 35.5. The zero-order valence-electron chi connectivity index (χ0n) is 17.7. The van der Waals surface area contributed by atoms with Gasteiger partial charge in [0.2, 0.25) is 31.6 Å². The van der Waals surface area contributed by atoms with Crippen LogP contribution < -0.4 is 0 Å². The molecule has 0 saturated carbocycles. The molecule has 0 spiro atoms. The first-order valence-corrected chi connectivity index (χ1v) is 11.1. The summed E-state index contributed by atoms with van der Waals surface area (Å²) in [4.78, 5) is 57.2. The fourth-order valence-corrected chi connectivity index (χ4v) is 5.43. The van der Waals surface area contributed by atoms with E-state index in [4.69, 9.17) is 16.3 Å². The zero-order chi connectivity index (χ0) is 25.7. The number of aromatic nitrogens is 2. The number of nitrogens with zero attached hydrogens (tertiary/aromatic N) is 2. The molecule has 1 fully saturated rings. The molecule has 0 amide bonds. The van der Waals surface area contributed by atoms with Crippen LogP contribution in [-0.2, 0) is 33.8 Å². The number of hydrogen-bond acceptors (Lipinski definition) is 13. The summed E-state index contributed by atoms with van der Waals surface area (Å²) in [6.07, 6.45) is -3.05. The maximum Gasteiger partial charge on any atom is 0.249 e. The van der Waals surface area contributed by atoms with Crippen LogP contribution in [0.4, 0.5) is 0 Å². The minimum absolute atomic E-state index is 0.103. The number of rotatable bonds is 7. The maximum absolute atomic E-state index is 13.3. The number of hydrogen-bond donors (Lipinski definition) is 4. The van der Waals surface area contributed by atoms with Crippen LogP contribution >= 0.6 is 11.6 Å². The lowest BCUT2D eigenvalue weighted by Crippen LogP contribution is -2.87. The smallest absolute Gasteiger partial charge is 0.249 e. The van der Waals surface area contributed by atoms with Crippen LogP contribution in [0.1, 0.15) is 27.7 Å². The topological polar surface area (TPSA) is 218 Å². The standard InChI is InChI=1S/C18H21ClN2O11S/c1-7(22)12(26)13-16(27,8(2)23)18(29,10(4)25)17(28,9(3)24)14(32-13)33(30,31)15-20-5-11(19)6-21-15/h5-7,13-14,22,27-29H,1-4H3/t7?,13-,14+,16-,17+,18+/m1/s1. The normalized spacial score (nSPS) is 33.2. The summed E-state index contributed by atoms with van der Waals surface area (Å²) in [5.41, 5.74) is -14.4. The van der Waals surface area contributed by atoms with E-state index in [9.17, 15) is 48.0 Å². The summed E-state index contributed by atoms with van der Waals surface area (Å²) in [5, 5.41) is 42.3. The molecule has 15 heteroatoms. The van der Waals surface area contributed by atoms with E-state index in [1.54, 1.807) is 0 Å². The van der Waals surface area contributed by atoms with Crippen LogP contribution in [0.5, 0.6) is 0 Å². The Kier molecular flexibility index (Phi) is 7.00. The Balaban J connectivity index is 3.01. The fraction of sp³-hybridized carbons (Fsp3) is 0.556. The van der Waals surface area contributed by atoms with Gasteiger partial charge in [0, 0.05) is 0 Å². The molecule has 33 heavy (non-hydrogen) atoms. The lowest BCUT2D eigenvalue weighted by Gasteiger charge is -2.56. The van der Waals surface area contributed by atoms with Crippen molar-refractivity contribution in [3.63, 3.8) is 0 Å². The van der Waals surface area contributed by atoms with Crippen molar-refractivity contribution in [1.29, 1.82) is 0 Å². The van der Waals surface area contributed by atoms with Gasteiger partial charge in [-0.05, 0) is 27.7 Å². The number of sulfone groups is 1. The molecule has 0 bridgehead atoms. The van der Waals surface area contributed by atoms with Gasteiger partial charge in [-0.1, -0.05) is 11.6 Å². The molecule has 1 saturated heterocycles. The molecule has 0 aliphatic carbocycles. The second kappa shape index (κ2) is 8.54. The molecule has 4 N–H and O–H groups in total. The zero-order valence-corrected chi connectivity index (χ0v) is 19.3. The Morgan fingerprint density at radius 2 is 1.45 bits per heavy atom. The largest absolute Gasteiger partial charge is 0.386 e. The van der Waals surface area contributed by atoms with Gasteiger partial charge in [-0.25, -0.2) is 18.4 Å². The Hall–Kier alpha value is -2.20. The minimum atomic E-state index is -5.25. The van der Waals surface area contributed by atoms with Gasteiger partial charge in [-0.3, -0.25) is 19.2 Å². The molecular weight excluding hydrogens is 488 g/mol. The van der Waals surface area contributed by atoms with Crippen molar-refractivity contribution >= 4 is 44.6 Å². The molecule has 0 aromatic carbocycles. The summed E-state index contributed by atoms with van der Waals surface area (Å²) >= 11 is 5.63. The van der Waals surface area contributed by atoms with E-state index in [1.165, 1.54) is 0 Å². The van der Waals surface area contributed by atoms with E-state index in [2.05, 4.69) is 9.97 Å². The first-order chi connectivity index (χ1) is 14.9. The molecule has 1 aliphatic rings. The van der Waals surface area contributed by atoms with Gasteiger partial charge in [-0.15, -0.1) is 0 Å². The van der Waals surface area contributed by atoms with Gasteiger partial charge in [0.25, 0.3) is 0 Å². The van der Waals surface area contributed by atoms with Gasteiger partial charge in [0.1, 0.15) is 6.10 Å². The summed E-state index contributed by atoms with van der Waals surface area (Å²) in [7, 11) is -5.25. The molecule has 0 radical (unpaired) electrons. The SMILES string of the molecule is CC(=O)[C@]1(O)[C@@](O)(C(C)=O)[C@@H](C(=O)C(C)O)O[C@@H](S(=O)(=O)c2ncc(Cl)cn2)[C@@]1(O)C(C)=O. The molecule has 13 nitrogen and oxygen atoms in total. The first kappa shape index (κ1) is 27.0. The van der Waals surface area contributed by atoms with E-state index in [0.29, 0.717) is 20.8 Å². The van der Waals surface area contributed by atoms with Gasteiger partial charge in [0.05, 0.1) is 17.4 Å². The molecular formula is C18H21ClN2O11S. The monoisotopic (exact) mass is 508 g/mol. The van der Waals surface area contributed by atoms with Gasteiger partial charge >= 0.3 is 0 Å². The first-order valence-electron chi connectivity index (χ1n) is 9.20. The van der Waals surface area contributed by atoms with Crippen LogP contribution in [0.25, 0.3) is 0 Å². The quantitative estimate of drug-likeness (QED) is 0.281. The van der Waals surface area contributed by atoms with E-state index >= 15 is 0 Å². The van der Waals surface area contributed by atoms with Crippen molar-refractivity contribution in [3.8, 4) is 0 Å². The number of aliphatic hydroxyl groups excluding tert-OH is 1. The van der Waals surface area contributed by atoms with Crippen LogP contribution in [0, 0.1) is 0 Å². The molecule has 182 valence electrons. The Morgan fingerprint density at radius 1 is 1.00 bits per heavy atom. The number of aliphatic hydroxyl groups is 4. The van der Waals surface area contributed by atoms with Crippen LogP contribution in [0.2, 0.25) is 5.02 Å². The average molecular weight is 509 g/mol. The molecule has 1 aromatic heterocycles. The van der Waals surface area contributed by atoms with Crippen LogP contribution in [0.15, 0.2) is 17.6 Å². The Bertz CT molecular complexity index is 1120. The second-order valence-corrected chi connectivity index (χ2v) is 9.89. The molecule has 2 rings (SSSR count). The van der Waals surface area contributed by atoms with Gasteiger partial charge in [-0.2, -0.15) is 0 Å². The summed E-state index contributed by atoms with van der Waals surface area (Å²) in [6, 6.07) is 0. The van der Waals surface area contributed by atoms with Crippen molar-refractivity contribution in [2.24, 2.45) is 0 Å². The second-order valence-electron chi connectivity index (χ2n) is 7.57. The molecule has 2 heterocycles. The van der Waals surface area contributed by atoms with Crippen molar-refractivity contribution in [1.82, 2.24) is 9.97 Å². The lowest BCUT2D eigenvalue weighted by atomic mass is 9.60. The summed E-state index contributed by atoms with van der Waals surface area (Å²) in [5.74, 6) is -6.35. The number of ketones is 4. The minimum Gasteiger partial charge on any atom is -0.386 e. The number of Topliss-reactive ketones (excluding diaryl/α,β-unsaturated/α-hetero) is 4. The van der Waals surface area contributed by atoms with Crippen LogP contribution in [-0.4, -0.2) is 96.4 Å². The third-order valence-electron chi connectivity index (χ3n) is 5.47. The van der Waals surface area contributed by atoms with E-state index in [-0.39, 0.29) is 5.02 Å². The Morgan fingerprint density at radius 3 is 1.82 bits per heavy atom. The number of carbonyl (C=O) groups is 4. The summed E-state index contributed by atoms with van der Waals surface area (Å²) in [6.45, 7) is 2.56. The fourth-order valence-electron chi connectivity index (χ4n) is 3.70.